The number of carboxylic acid groups (broad SMARTS) is 1. The number of aliphatic hydroxyl groups is 1. The number of aliphatic hydroxyl groups excluding tert-OH is 1. The maximum absolute atomic E-state index is 12.2. The molecule has 0 aliphatic carbocycles. The molecule has 0 fully saturated rings. The first-order chi connectivity index (χ1) is 11.5. The minimum absolute atomic E-state index is 0.0300. The van der Waals surface area contributed by atoms with E-state index in [1.165, 1.54) is 13.8 Å². The highest BCUT2D eigenvalue weighted by Gasteiger charge is 2.28. The predicted molar refractivity (Wildman–Crippen MR) is 89.3 cm³/mol. The Morgan fingerprint density at radius 1 is 0.880 bits per heavy atom. The first kappa shape index (κ1) is 22.8. The van der Waals surface area contributed by atoms with E-state index >= 15 is 0 Å². The highest BCUT2D eigenvalue weighted by Crippen LogP contribution is 2.06. The van der Waals surface area contributed by atoms with Gasteiger partial charge in [0.15, 0.2) is 0 Å². The topological polar surface area (TPSA) is 171 Å². The average molecular weight is 360 g/mol. The summed E-state index contributed by atoms with van der Waals surface area (Å²) in [5.41, 5.74) is 5.39. The van der Waals surface area contributed by atoms with E-state index in [4.69, 9.17) is 10.8 Å². The van der Waals surface area contributed by atoms with Crippen LogP contribution in [-0.2, 0) is 19.2 Å². The molecule has 0 rings (SSSR count). The van der Waals surface area contributed by atoms with Crippen LogP contribution in [0.4, 0.5) is 0 Å². The molecule has 0 aromatic rings. The van der Waals surface area contributed by atoms with Gasteiger partial charge in [0.25, 0.3) is 0 Å². The Morgan fingerprint density at radius 2 is 1.36 bits per heavy atom. The van der Waals surface area contributed by atoms with E-state index in [9.17, 15) is 24.3 Å². The van der Waals surface area contributed by atoms with E-state index in [0.29, 0.717) is 0 Å². The Kier molecular flexibility index (Phi) is 9.69. The van der Waals surface area contributed by atoms with Crippen molar-refractivity contribution in [3.05, 3.63) is 0 Å². The molecule has 3 amide bonds. The van der Waals surface area contributed by atoms with Crippen molar-refractivity contribution in [3.8, 4) is 0 Å². The second-order valence-corrected chi connectivity index (χ2v) is 6.29. The summed E-state index contributed by atoms with van der Waals surface area (Å²) in [6.45, 7) is 5.70. The average Bonchev–Trinajstić information content (AvgIpc) is 2.50. The van der Waals surface area contributed by atoms with Crippen molar-refractivity contribution >= 4 is 23.7 Å². The van der Waals surface area contributed by atoms with Crippen LogP contribution in [0.25, 0.3) is 0 Å². The molecule has 0 heterocycles. The zero-order valence-corrected chi connectivity index (χ0v) is 14.9. The lowest BCUT2D eigenvalue weighted by Crippen LogP contribution is -2.57. The molecule has 7 N–H and O–H groups in total. The molecule has 0 bridgehead atoms. The Labute approximate surface area is 146 Å². The largest absolute Gasteiger partial charge is 0.480 e. The first-order valence-corrected chi connectivity index (χ1v) is 7.99. The van der Waals surface area contributed by atoms with Gasteiger partial charge in [-0.25, -0.2) is 0 Å². The third kappa shape index (κ3) is 8.45. The number of aliphatic carboxylic acids is 1. The SMILES string of the molecule is CC(C)CC(NC(=O)C(CO)NC(=O)C(C)N)C(=O)NC(C)C(=O)O. The minimum atomic E-state index is -1.27. The molecule has 0 radical (unpaired) electrons. The monoisotopic (exact) mass is 360 g/mol. The lowest BCUT2D eigenvalue weighted by molar-refractivity contribution is -0.142. The van der Waals surface area contributed by atoms with Crippen LogP contribution in [0.2, 0.25) is 0 Å². The molecule has 0 spiro atoms. The fourth-order valence-corrected chi connectivity index (χ4v) is 1.85. The normalized spacial score (nSPS) is 15.6. The molecule has 25 heavy (non-hydrogen) atoms. The molecule has 144 valence electrons. The number of hydrogen-bond acceptors (Lipinski definition) is 6. The van der Waals surface area contributed by atoms with Crippen LogP contribution >= 0.6 is 0 Å². The molecular formula is C15H28N4O6. The number of rotatable bonds is 10. The van der Waals surface area contributed by atoms with Crippen molar-refractivity contribution in [2.45, 2.75) is 58.3 Å². The summed E-state index contributed by atoms with van der Waals surface area (Å²) in [5.74, 6) is -3.23. The molecule has 0 aliphatic heterocycles. The maximum atomic E-state index is 12.2. The number of carbonyl (C=O) groups excluding carboxylic acids is 3. The van der Waals surface area contributed by atoms with Crippen LogP contribution in [0.3, 0.4) is 0 Å². The molecule has 0 saturated carbocycles. The Morgan fingerprint density at radius 3 is 1.76 bits per heavy atom. The fourth-order valence-electron chi connectivity index (χ4n) is 1.85. The predicted octanol–water partition coefficient (Wildman–Crippen LogP) is -2.07. The van der Waals surface area contributed by atoms with E-state index < -0.39 is 54.5 Å². The quantitative estimate of drug-likeness (QED) is 0.260. The summed E-state index contributed by atoms with van der Waals surface area (Å²) >= 11 is 0. The van der Waals surface area contributed by atoms with Crippen LogP contribution in [0.1, 0.15) is 34.1 Å². The lowest BCUT2D eigenvalue weighted by Gasteiger charge is -2.24. The molecule has 4 unspecified atom stereocenters. The van der Waals surface area contributed by atoms with Gasteiger partial charge in [-0.3, -0.25) is 19.2 Å². The van der Waals surface area contributed by atoms with Gasteiger partial charge < -0.3 is 31.9 Å². The molecule has 10 nitrogen and oxygen atoms in total. The van der Waals surface area contributed by atoms with Crippen molar-refractivity contribution in [2.24, 2.45) is 11.7 Å². The van der Waals surface area contributed by atoms with E-state index in [2.05, 4.69) is 16.0 Å². The van der Waals surface area contributed by atoms with Gasteiger partial charge in [0.05, 0.1) is 12.6 Å². The summed E-state index contributed by atoms with van der Waals surface area (Å²) in [7, 11) is 0. The number of hydrogen-bond donors (Lipinski definition) is 6. The Balaban J connectivity index is 5.04. The summed E-state index contributed by atoms with van der Waals surface area (Å²) in [6.07, 6.45) is 0.253. The third-order valence-corrected chi connectivity index (χ3v) is 3.30. The van der Waals surface area contributed by atoms with Gasteiger partial charge in [0, 0.05) is 0 Å². The van der Waals surface area contributed by atoms with Gasteiger partial charge in [0.2, 0.25) is 17.7 Å². The number of carboxylic acids is 1. The van der Waals surface area contributed by atoms with Crippen LogP contribution in [0.5, 0.6) is 0 Å². The second-order valence-electron chi connectivity index (χ2n) is 6.29. The molecule has 0 aromatic heterocycles. The summed E-state index contributed by atoms with van der Waals surface area (Å²) < 4.78 is 0. The summed E-state index contributed by atoms with van der Waals surface area (Å²) in [5, 5.41) is 25.1. The van der Waals surface area contributed by atoms with Crippen LogP contribution in [-0.4, -0.2) is 64.7 Å². The van der Waals surface area contributed by atoms with Gasteiger partial charge in [-0.2, -0.15) is 0 Å². The fraction of sp³-hybridized carbons (Fsp3) is 0.733. The zero-order chi connectivity index (χ0) is 19.7. The van der Waals surface area contributed by atoms with Gasteiger partial charge in [-0.05, 0) is 26.2 Å². The highest BCUT2D eigenvalue weighted by atomic mass is 16.4. The standard InChI is InChI=1S/C15H28N4O6/c1-7(2)5-10(13(22)17-9(4)15(24)25)18-14(23)11(6-20)19-12(21)8(3)16/h7-11,20H,5-6,16H2,1-4H3,(H,17,22)(H,18,23)(H,19,21)(H,24,25). The Hall–Kier alpha value is -2.20. The van der Waals surface area contributed by atoms with Gasteiger partial charge in [-0.1, -0.05) is 13.8 Å². The molecule has 0 saturated heterocycles. The number of carbonyl (C=O) groups is 4. The maximum Gasteiger partial charge on any atom is 0.325 e. The second kappa shape index (κ2) is 10.6. The summed E-state index contributed by atoms with van der Waals surface area (Å²) in [6, 6.07) is -4.26. The van der Waals surface area contributed by atoms with Crippen LogP contribution < -0.4 is 21.7 Å². The van der Waals surface area contributed by atoms with E-state index in [1.807, 2.05) is 13.8 Å². The van der Waals surface area contributed by atoms with Crippen molar-refractivity contribution in [1.82, 2.24) is 16.0 Å². The number of nitrogens with one attached hydrogen (secondary N) is 3. The number of amides is 3. The molecule has 0 aromatic carbocycles. The number of nitrogens with two attached hydrogens (primary N) is 1. The molecule has 0 aliphatic rings. The smallest absolute Gasteiger partial charge is 0.325 e. The zero-order valence-electron chi connectivity index (χ0n) is 14.9. The van der Waals surface area contributed by atoms with Gasteiger partial charge in [0.1, 0.15) is 18.1 Å². The summed E-state index contributed by atoms with van der Waals surface area (Å²) in [4.78, 5) is 46.8. The Bertz CT molecular complexity index is 494. The highest BCUT2D eigenvalue weighted by molar-refractivity contribution is 5.94. The van der Waals surface area contributed by atoms with Crippen LogP contribution in [0, 0.1) is 5.92 Å². The third-order valence-electron chi connectivity index (χ3n) is 3.30. The minimum Gasteiger partial charge on any atom is -0.480 e. The van der Waals surface area contributed by atoms with E-state index in [0.717, 1.165) is 0 Å². The molecular weight excluding hydrogens is 332 g/mol. The van der Waals surface area contributed by atoms with Gasteiger partial charge in [-0.15, -0.1) is 0 Å². The van der Waals surface area contributed by atoms with Crippen molar-refractivity contribution in [2.75, 3.05) is 6.61 Å². The molecule has 10 heteroatoms. The van der Waals surface area contributed by atoms with Crippen LogP contribution in [0.15, 0.2) is 0 Å². The van der Waals surface area contributed by atoms with Crippen molar-refractivity contribution in [3.63, 3.8) is 0 Å². The van der Waals surface area contributed by atoms with Crippen molar-refractivity contribution in [1.29, 1.82) is 0 Å². The van der Waals surface area contributed by atoms with Crippen molar-refractivity contribution < 1.29 is 29.4 Å². The van der Waals surface area contributed by atoms with E-state index in [1.54, 1.807) is 0 Å². The van der Waals surface area contributed by atoms with Gasteiger partial charge >= 0.3 is 5.97 Å². The molecule has 4 atom stereocenters. The van der Waals surface area contributed by atoms with E-state index in [-0.39, 0.29) is 12.3 Å². The lowest BCUT2D eigenvalue weighted by atomic mass is 10.0. The first-order valence-electron chi connectivity index (χ1n) is 7.99.